The van der Waals surface area contributed by atoms with Gasteiger partial charge < -0.3 is 9.84 Å². The zero-order chi connectivity index (χ0) is 12.7. The molecule has 1 saturated heterocycles. The highest BCUT2D eigenvalue weighted by molar-refractivity contribution is 4.96. The van der Waals surface area contributed by atoms with Crippen molar-refractivity contribution in [3.05, 3.63) is 0 Å². The van der Waals surface area contributed by atoms with E-state index in [1.165, 1.54) is 12.8 Å². The standard InChI is InChI=1S/C14H29NO2/c1-4-11-17-12-13(16)14(5-2,6-3)15-9-7-8-10-15/h13,16H,4-12H2,1-3H3. The average Bonchev–Trinajstić information content (AvgIpc) is 2.86. The van der Waals surface area contributed by atoms with E-state index < -0.39 is 0 Å². The molecule has 1 atom stereocenters. The lowest BCUT2D eigenvalue weighted by atomic mass is 9.85. The fourth-order valence-electron chi connectivity index (χ4n) is 3.04. The summed E-state index contributed by atoms with van der Waals surface area (Å²) in [6.07, 6.45) is 5.19. The van der Waals surface area contributed by atoms with Crippen molar-refractivity contribution in [3.63, 3.8) is 0 Å². The molecule has 3 heteroatoms. The number of hydrogen-bond acceptors (Lipinski definition) is 3. The molecule has 1 N–H and O–H groups in total. The topological polar surface area (TPSA) is 32.7 Å². The Morgan fingerprint density at radius 2 is 1.76 bits per heavy atom. The van der Waals surface area contributed by atoms with Crippen LogP contribution in [0.1, 0.15) is 52.9 Å². The van der Waals surface area contributed by atoms with Gasteiger partial charge in [-0.15, -0.1) is 0 Å². The minimum Gasteiger partial charge on any atom is -0.389 e. The maximum atomic E-state index is 10.5. The first-order valence-electron chi connectivity index (χ1n) is 7.22. The van der Waals surface area contributed by atoms with E-state index in [0.29, 0.717) is 6.61 Å². The molecule has 1 rings (SSSR count). The van der Waals surface area contributed by atoms with E-state index in [9.17, 15) is 5.11 Å². The summed E-state index contributed by atoms with van der Waals surface area (Å²) in [7, 11) is 0. The molecule has 3 nitrogen and oxygen atoms in total. The number of rotatable bonds is 8. The van der Waals surface area contributed by atoms with Crippen molar-refractivity contribution < 1.29 is 9.84 Å². The van der Waals surface area contributed by atoms with Crippen LogP contribution in [0, 0.1) is 0 Å². The van der Waals surface area contributed by atoms with Gasteiger partial charge in [0.1, 0.15) is 0 Å². The number of hydrogen-bond donors (Lipinski definition) is 1. The largest absolute Gasteiger partial charge is 0.389 e. The molecule has 1 heterocycles. The average molecular weight is 243 g/mol. The minimum absolute atomic E-state index is 0.0652. The van der Waals surface area contributed by atoms with Gasteiger partial charge in [-0.05, 0) is 45.2 Å². The SMILES string of the molecule is CCCOCC(O)C(CC)(CC)N1CCCC1. The number of ether oxygens (including phenoxy) is 1. The molecule has 0 bridgehead atoms. The Balaban J connectivity index is 2.61. The van der Waals surface area contributed by atoms with E-state index >= 15 is 0 Å². The third-order valence-electron chi connectivity index (χ3n) is 4.20. The molecule has 1 aliphatic rings. The van der Waals surface area contributed by atoms with Crippen LogP contribution in [-0.2, 0) is 4.74 Å². The Morgan fingerprint density at radius 1 is 1.18 bits per heavy atom. The molecule has 0 aromatic carbocycles. The van der Waals surface area contributed by atoms with Gasteiger partial charge in [0.05, 0.1) is 12.7 Å². The van der Waals surface area contributed by atoms with Crippen molar-refractivity contribution in [2.75, 3.05) is 26.3 Å². The van der Waals surface area contributed by atoms with Crippen LogP contribution in [0.5, 0.6) is 0 Å². The highest BCUT2D eigenvalue weighted by Gasteiger charge is 2.41. The van der Waals surface area contributed by atoms with Crippen LogP contribution in [-0.4, -0.2) is 48.0 Å². The fourth-order valence-corrected chi connectivity index (χ4v) is 3.04. The van der Waals surface area contributed by atoms with Crippen LogP contribution in [0.3, 0.4) is 0 Å². The Hall–Kier alpha value is -0.120. The first kappa shape index (κ1) is 14.9. The lowest BCUT2D eigenvalue weighted by Crippen LogP contribution is -2.56. The van der Waals surface area contributed by atoms with Crippen LogP contribution >= 0.6 is 0 Å². The second-order valence-corrected chi connectivity index (χ2v) is 5.10. The van der Waals surface area contributed by atoms with E-state index in [0.717, 1.165) is 39.0 Å². The molecule has 1 fully saturated rings. The van der Waals surface area contributed by atoms with Crippen LogP contribution in [0.4, 0.5) is 0 Å². The van der Waals surface area contributed by atoms with Crippen molar-refractivity contribution in [1.29, 1.82) is 0 Å². The lowest BCUT2D eigenvalue weighted by molar-refractivity contribution is -0.0704. The molecule has 0 aromatic rings. The zero-order valence-corrected chi connectivity index (χ0v) is 11.7. The van der Waals surface area contributed by atoms with Crippen molar-refractivity contribution in [2.45, 2.75) is 64.5 Å². The van der Waals surface area contributed by atoms with E-state index in [4.69, 9.17) is 4.74 Å². The first-order chi connectivity index (χ1) is 8.21. The van der Waals surface area contributed by atoms with Gasteiger partial charge in [0.15, 0.2) is 0 Å². The Bertz CT molecular complexity index is 198. The molecule has 1 unspecified atom stereocenters. The highest BCUT2D eigenvalue weighted by atomic mass is 16.5. The molecule has 0 spiro atoms. The maximum Gasteiger partial charge on any atom is 0.0956 e. The maximum absolute atomic E-state index is 10.5. The Kier molecular flexibility index (Phi) is 6.45. The predicted molar refractivity (Wildman–Crippen MR) is 71.2 cm³/mol. The molecule has 0 aliphatic carbocycles. The summed E-state index contributed by atoms with van der Waals surface area (Å²) >= 11 is 0. The second kappa shape index (κ2) is 7.34. The molecule has 102 valence electrons. The molecular weight excluding hydrogens is 214 g/mol. The molecule has 17 heavy (non-hydrogen) atoms. The van der Waals surface area contributed by atoms with E-state index in [-0.39, 0.29) is 11.6 Å². The van der Waals surface area contributed by atoms with Crippen LogP contribution in [0.15, 0.2) is 0 Å². The second-order valence-electron chi connectivity index (χ2n) is 5.10. The monoisotopic (exact) mass is 243 g/mol. The van der Waals surface area contributed by atoms with Crippen molar-refractivity contribution >= 4 is 0 Å². The molecular formula is C14H29NO2. The van der Waals surface area contributed by atoms with Gasteiger partial charge in [0.2, 0.25) is 0 Å². The molecule has 0 amide bonds. The smallest absolute Gasteiger partial charge is 0.0956 e. The summed E-state index contributed by atoms with van der Waals surface area (Å²) in [6.45, 7) is 9.96. The molecule has 1 aliphatic heterocycles. The van der Waals surface area contributed by atoms with Gasteiger partial charge in [0.25, 0.3) is 0 Å². The zero-order valence-electron chi connectivity index (χ0n) is 11.7. The highest BCUT2D eigenvalue weighted by Crippen LogP contribution is 2.31. The minimum atomic E-state index is -0.359. The molecule has 0 radical (unpaired) electrons. The third-order valence-corrected chi connectivity index (χ3v) is 4.20. The van der Waals surface area contributed by atoms with Gasteiger partial charge in [-0.2, -0.15) is 0 Å². The van der Waals surface area contributed by atoms with Gasteiger partial charge >= 0.3 is 0 Å². The van der Waals surface area contributed by atoms with Gasteiger partial charge in [-0.1, -0.05) is 20.8 Å². The quantitative estimate of drug-likeness (QED) is 0.665. The molecule has 0 aromatic heterocycles. The fraction of sp³-hybridized carbons (Fsp3) is 1.00. The number of aliphatic hydroxyl groups is 1. The Labute approximate surface area is 106 Å². The summed E-state index contributed by atoms with van der Waals surface area (Å²) in [5.41, 5.74) is -0.0652. The molecule has 0 saturated carbocycles. The van der Waals surface area contributed by atoms with Crippen LogP contribution < -0.4 is 0 Å². The van der Waals surface area contributed by atoms with Gasteiger partial charge in [-0.25, -0.2) is 0 Å². The van der Waals surface area contributed by atoms with Crippen molar-refractivity contribution in [3.8, 4) is 0 Å². The summed E-state index contributed by atoms with van der Waals surface area (Å²) in [5, 5.41) is 10.5. The normalized spacial score (nSPS) is 19.8. The van der Waals surface area contributed by atoms with Crippen molar-refractivity contribution in [1.82, 2.24) is 4.90 Å². The van der Waals surface area contributed by atoms with E-state index in [1.807, 2.05) is 0 Å². The van der Waals surface area contributed by atoms with Crippen molar-refractivity contribution in [2.24, 2.45) is 0 Å². The van der Waals surface area contributed by atoms with Crippen LogP contribution in [0.2, 0.25) is 0 Å². The van der Waals surface area contributed by atoms with Gasteiger partial charge in [-0.3, -0.25) is 4.90 Å². The van der Waals surface area contributed by atoms with Crippen LogP contribution in [0.25, 0.3) is 0 Å². The van der Waals surface area contributed by atoms with Gasteiger partial charge in [0, 0.05) is 12.1 Å². The first-order valence-corrected chi connectivity index (χ1v) is 7.22. The predicted octanol–water partition coefficient (Wildman–Crippen LogP) is 2.43. The summed E-state index contributed by atoms with van der Waals surface area (Å²) in [6, 6.07) is 0. The number of likely N-dealkylation sites (tertiary alicyclic amines) is 1. The Morgan fingerprint density at radius 3 is 2.24 bits per heavy atom. The summed E-state index contributed by atoms with van der Waals surface area (Å²) in [5.74, 6) is 0. The third kappa shape index (κ3) is 3.43. The summed E-state index contributed by atoms with van der Waals surface area (Å²) < 4.78 is 5.54. The van der Waals surface area contributed by atoms with E-state index in [2.05, 4.69) is 25.7 Å². The van der Waals surface area contributed by atoms with E-state index in [1.54, 1.807) is 0 Å². The number of aliphatic hydroxyl groups excluding tert-OH is 1. The number of nitrogens with zero attached hydrogens (tertiary/aromatic N) is 1. The summed E-state index contributed by atoms with van der Waals surface area (Å²) in [4.78, 5) is 2.48. The lowest BCUT2D eigenvalue weighted by Gasteiger charge is -2.44.